The normalized spacial score (nSPS) is 10.4. The molecule has 0 aliphatic rings. The largest absolute Gasteiger partial charge is 0.319 e. The fourth-order valence-corrected chi connectivity index (χ4v) is 1.85. The summed E-state index contributed by atoms with van der Waals surface area (Å²) in [6.45, 7) is 5.82. The fraction of sp³-hybridized carbons (Fsp3) is 0.286. The van der Waals surface area contributed by atoms with Crippen molar-refractivity contribution in [2.24, 2.45) is 7.05 Å². The Morgan fingerprint density at radius 1 is 1.17 bits per heavy atom. The molecule has 1 amide bonds. The summed E-state index contributed by atoms with van der Waals surface area (Å²) >= 11 is 0. The molecule has 0 aliphatic carbocycles. The first-order valence-electron chi connectivity index (χ1n) is 5.87. The summed E-state index contributed by atoms with van der Waals surface area (Å²) in [5.41, 5.74) is 4.37. The Morgan fingerprint density at radius 3 is 2.28 bits per heavy atom. The van der Waals surface area contributed by atoms with Crippen LogP contribution >= 0.6 is 0 Å². The Labute approximate surface area is 107 Å². The maximum absolute atomic E-state index is 12.1. The first-order valence-corrected chi connectivity index (χ1v) is 5.87. The second-order valence-electron chi connectivity index (χ2n) is 4.49. The molecule has 94 valence electrons. The predicted octanol–water partition coefficient (Wildman–Crippen LogP) is 2.60. The first-order chi connectivity index (χ1) is 8.49. The third kappa shape index (κ3) is 2.27. The van der Waals surface area contributed by atoms with E-state index in [1.54, 1.807) is 4.68 Å². The number of anilines is 1. The highest BCUT2D eigenvalue weighted by Gasteiger charge is 2.13. The zero-order valence-electron chi connectivity index (χ0n) is 11.1. The summed E-state index contributed by atoms with van der Waals surface area (Å²) in [7, 11) is 1.86. The van der Waals surface area contributed by atoms with Crippen molar-refractivity contribution >= 4 is 11.6 Å². The van der Waals surface area contributed by atoms with Crippen molar-refractivity contribution in [1.29, 1.82) is 0 Å². The van der Waals surface area contributed by atoms with E-state index in [1.165, 1.54) is 0 Å². The van der Waals surface area contributed by atoms with Gasteiger partial charge in [0.25, 0.3) is 5.91 Å². The highest BCUT2D eigenvalue weighted by molar-refractivity contribution is 6.04. The van der Waals surface area contributed by atoms with Crippen LogP contribution in [0.1, 0.15) is 27.3 Å². The van der Waals surface area contributed by atoms with Crippen LogP contribution in [0.2, 0.25) is 0 Å². The Bertz CT molecular complexity index is 582. The summed E-state index contributed by atoms with van der Waals surface area (Å²) in [6, 6.07) is 7.51. The van der Waals surface area contributed by atoms with E-state index in [0.29, 0.717) is 5.56 Å². The number of carbonyl (C=O) groups is 1. The summed E-state index contributed by atoms with van der Waals surface area (Å²) in [5.74, 6) is -0.103. The number of rotatable bonds is 2. The lowest BCUT2D eigenvalue weighted by Gasteiger charge is -2.06. The number of aromatic nitrogens is 2. The van der Waals surface area contributed by atoms with Crippen LogP contribution in [0.3, 0.4) is 0 Å². The molecule has 4 nitrogen and oxygen atoms in total. The van der Waals surface area contributed by atoms with Crippen LogP contribution in [0.5, 0.6) is 0 Å². The molecule has 0 unspecified atom stereocenters. The Hall–Kier alpha value is -2.10. The van der Waals surface area contributed by atoms with Crippen LogP contribution < -0.4 is 5.32 Å². The molecular formula is C14H17N3O. The molecule has 0 radical (unpaired) electrons. The molecule has 2 aromatic rings. The predicted molar refractivity (Wildman–Crippen MR) is 71.8 cm³/mol. The summed E-state index contributed by atoms with van der Waals surface area (Å²) in [6.07, 6.45) is 0. The van der Waals surface area contributed by atoms with Crippen molar-refractivity contribution in [2.45, 2.75) is 20.8 Å². The smallest absolute Gasteiger partial charge is 0.255 e. The maximum atomic E-state index is 12.1. The quantitative estimate of drug-likeness (QED) is 0.881. The molecule has 0 fully saturated rings. The number of amides is 1. The highest BCUT2D eigenvalue weighted by atomic mass is 16.1. The van der Waals surface area contributed by atoms with Gasteiger partial charge in [0.2, 0.25) is 0 Å². The molecule has 4 heteroatoms. The Balaban J connectivity index is 2.24. The SMILES string of the molecule is Cc1ccc(C(=O)Nc2c(C)nn(C)c2C)cc1. The van der Waals surface area contributed by atoms with Crippen molar-refractivity contribution in [2.75, 3.05) is 5.32 Å². The molecule has 0 saturated carbocycles. The fourth-order valence-electron chi connectivity index (χ4n) is 1.85. The van der Waals surface area contributed by atoms with Gasteiger partial charge in [0, 0.05) is 12.6 Å². The average Bonchev–Trinajstić information content (AvgIpc) is 2.57. The molecule has 0 atom stereocenters. The number of carbonyl (C=O) groups excluding carboxylic acids is 1. The van der Waals surface area contributed by atoms with Gasteiger partial charge in [0.1, 0.15) is 0 Å². The molecule has 0 spiro atoms. The zero-order chi connectivity index (χ0) is 13.3. The van der Waals surface area contributed by atoms with Gasteiger partial charge in [-0.1, -0.05) is 17.7 Å². The number of benzene rings is 1. The number of nitrogens with one attached hydrogen (secondary N) is 1. The van der Waals surface area contributed by atoms with E-state index in [9.17, 15) is 4.79 Å². The van der Waals surface area contributed by atoms with Gasteiger partial charge in [-0.3, -0.25) is 9.48 Å². The van der Waals surface area contributed by atoms with E-state index in [0.717, 1.165) is 22.6 Å². The van der Waals surface area contributed by atoms with Crippen molar-refractivity contribution in [3.8, 4) is 0 Å². The number of nitrogens with zero attached hydrogens (tertiary/aromatic N) is 2. The van der Waals surface area contributed by atoms with Crippen molar-refractivity contribution < 1.29 is 4.79 Å². The minimum Gasteiger partial charge on any atom is -0.319 e. The first kappa shape index (κ1) is 12.4. The second-order valence-corrected chi connectivity index (χ2v) is 4.49. The standard InChI is InChI=1S/C14H17N3O/c1-9-5-7-12(8-6-9)14(18)15-13-10(2)16-17(4)11(13)3/h5-8H,1-4H3,(H,15,18). The molecule has 18 heavy (non-hydrogen) atoms. The Morgan fingerprint density at radius 2 is 1.78 bits per heavy atom. The lowest BCUT2D eigenvalue weighted by Crippen LogP contribution is -2.13. The highest BCUT2D eigenvalue weighted by Crippen LogP contribution is 2.19. The van der Waals surface area contributed by atoms with E-state index in [1.807, 2.05) is 52.1 Å². The maximum Gasteiger partial charge on any atom is 0.255 e. The molecule has 0 saturated heterocycles. The zero-order valence-corrected chi connectivity index (χ0v) is 11.1. The molecule has 1 heterocycles. The molecule has 1 N–H and O–H groups in total. The molecule has 1 aromatic carbocycles. The van der Waals surface area contributed by atoms with Crippen molar-refractivity contribution in [3.63, 3.8) is 0 Å². The van der Waals surface area contributed by atoms with Crippen LogP contribution in [-0.2, 0) is 7.05 Å². The van der Waals surface area contributed by atoms with Gasteiger partial charge in [0.15, 0.2) is 0 Å². The van der Waals surface area contributed by atoms with E-state index in [-0.39, 0.29) is 5.91 Å². The molecule has 0 bridgehead atoms. The van der Waals surface area contributed by atoms with E-state index in [2.05, 4.69) is 10.4 Å². The second kappa shape index (κ2) is 4.64. The van der Waals surface area contributed by atoms with Gasteiger partial charge in [-0.15, -0.1) is 0 Å². The lowest BCUT2D eigenvalue weighted by atomic mass is 10.1. The van der Waals surface area contributed by atoms with Gasteiger partial charge in [-0.05, 0) is 32.9 Å². The van der Waals surface area contributed by atoms with Crippen molar-refractivity contribution in [3.05, 3.63) is 46.8 Å². The van der Waals surface area contributed by atoms with Gasteiger partial charge < -0.3 is 5.32 Å². The minimum atomic E-state index is -0.103. The number of hydrogen-bond acceptors (Lipinski definition) is 2. The lowest BCUT2D eigenvalue weighted by molar-refractivity contribution is 0.102. The van der Waals surface area contributed by atoms with Crippen LogP contribution in [-0.4, -0.2) is 15.7 Å². The van der Waals surface area contributed by atoms with Crippen LogP contribution in [0.4, 0.5) is 5.69 Å². The molecule has 0 aliphatic heterocycles. The van der Waals surface area contributed by atoms with Gasteiger partial charge in [0.05, 0.1) is 17.1 Å². The van der Waals surface area contributed by atoms with Crippen LogP contribution in [0.15, 0.2) is 24.3 Å². The molecule has 1 aromatic heterocycles. The van der Waals surface area contributed by atoms with E-state index in [4.69, 9.17) is 0 Å². The van der Waals surface area contributed by atoms with Gasteiger partial charge in [-0.2, -0.15) is 5.10 Å². The van der Waals surface area contributed by atoms with E-state index < -0.39 is 0 Å². The van der Waals surface area contributed by atoms with Gasteiger partial charge >= 0.3 is 0 Å². The number of aryl methyl sites for hydroxylation is 3. The topological polar surface area (TPSA) is 46.9 Å². The summed E-state index contributed by atoms with van der Waals surface area (Å²) < 4.78 is 1.76. The average molecular weight is 243 g/mol. The van der Waals surface area contributed by atoms with E-state index >= 15 is 0 Å². The van der Waals surface area contributed by atoms with Crippen molar-refractivity contribution in [1.82, 2.24) is 9.78 Å². The number of hydrogen-bond donors (Lipinski definition) is 1. The monoisotopic (exact) mass is 243 g/mol. The third-order valence-electron chi connectivity index (χ3n) is 3.06. The molecular weight excluding hydrogens is 226 g/mol. The van der Waals surface area contributed by atoms with Crippen LogP contribution in [0, 0.1) is 20.8 Å². The third-order valence-corrected chi connectivity index (χ3v) is 3.06. The molecule has 2 rings (SSSR count). The Kier molecular flexibility index (Phi) is 3.19. The minimum absolute atomic E-state index is 0.103. The summed E-state index contributed by atoms with van der Waals surface area (Å²) in [4.78, 5) is 12.1. The van der Waals surface area contributed by atoms with Crippen LogP contribution in [0.25, 0.3) is 0 Å². The van der Waals surface area contributed by atoms with Gasteiger partial charge in [-0.25, -0.2) is 0 Å². The summed E-state index contributed by atoms with van der Waals surface area (Å²) in [5, 5.41) is 7.19.